The normalized spacial score (nSPS) is 30.1. The van der Waals surface area contributed by atoms with Gasteiger partial charge in [0, 0.05) is 32.5 Å². The summed E-state index contributed by atoms with van der Waals surface area (Å²) in [6.45, 7) is 2.79. The van der Waals surface area contributed by atoms with Crippen molar-refractivity contribution in [2.24, 2.45) is 0 Å². The first-order valence-electron chi connectivity index (χ1n) is 7.45. The van der Waals surface area contributed by atoms with Crippen LogP contribution in [0.4, 0.5) is 0 Å². The molecule has 8 heteroatoms. The van der Waals surface area contributed by atoms with Crippen LogP contribution in [0.1, 0.15) is 25.7 Å². The highest BCUT2D eigenvalue weighted by Gasteiger charge is 2.44. The summed E-state index contributed by atoms with van der Waals surface area (Å²) < 4.78 is 36.1. The lowest BCUT2D eigenvalue weighted by Gasteiger charge is -2.39. The maximum absolute atomic E-state index is 12.6. The lowest BCUT2D eigenvalue weighted by atomic mass is 10.0. The van der Waals surface area contributed by atoms with Crippen molar-refractivity contribution >= 4 is 15.9 Å². The van der Waals surface area contributed by atoms with E-state index in [9.17, 15) is 13.2 Å². The number of nitrogens with zero attached hydrogens (tertiary/aromatic N) is 2. The van der Waals surface area contributed by atoms with Crippen molar-refractivity contribution < 1.29 is 22.7 Å². The molecule has 1 spiro atoms. The van der Waals surface area contributed by atoms with Gasteiger partial charge in [-0.2, -0.15) is 4.31 Å². The quantitative estimate of drug-likeness (QED) is 0.703. The van der Waals surface area contributed by atoms with Crippen LogP contribution in [-0.4, -0.2) is 74.5 Å². The van der Waals surface area contributed by atoms with Gasteiger partial charge in [-0.15, -0.1) is 0 Å². The minimum absolute atomic E-state index is 0.0780. The summed E-state index contributed by atoms with van der Waals surface area (Å²) in [4.78, 5) is 14.4. The van der Waals surface area contributed by atoms with Gasteiger partial charge >= 0.3 is 0 Å². The molecule has 0 saturated carbocycles. The van der Waals surface area contributed by atoms with E-state index in [4.69, 9.17) is 9.47 Å². The van der Waals surface area contributed by atoms with E-state index in [1.54, 1.807) is 4.90 Å². The molecule has 1 atom stereocenters. The van der Waals surface area contributed by atoms with Gasteiger partial charge in [-0.05, 0) is 12.8 Å². The van der Waals surface area contributed by atoms with Gasteiger partial charge in [-0.25, -0.2) is 8.42 Å². The molecule has 7 nitrogen and oxygen atoms in total. The number of amides is 1. The van der Waals surface area contributed by atoms with E-state index < -0.39 is 21.9 Å². The van der Waals surface area contributed by atoms with E-state index in [2.05, 4.69) is 0 Å². The first-order chi connectivity index (χ1) is 9.91. The summed E-state index contributed by atoms with van der Waals surface area (Å²) in [6.07, 6.45) is 3.84. The van der Waals surface area contributed by atoms with Crippen molar-refractivity contribution in [3.05, 3.63) is 0 Å². The molecule has 0 aromatic heterocycles. The number of likely N-dealkylation sites (tertiary alicyclic amines) is 1. The summed E-state index contributed by atoms with van der Waals surface area (Å²) in [5.41, 5.74) is 0. The zero-order valence-corrected chi connectivity index (χ0v) is 13.1. The SMILES string of the molecule is CS(=O)(=O)N1CCCC1C(=O)N1CCC2(CC1)OCCO2. The van der Waals surface area contributed by atoms with Crippen LogP contribution >= 0.6 is 0 Å². The topological polar surface area (TPSA) is 76.2 Å². The smallest absolute Gasteiger partial charge is 0.241 e. The molecule has 3 heterocycles. The molecule has 1 amide bonds. The molecule has 0 N–H and O–H groups in total. The van der Waals surface area contributed by atoms with Crippen LogP contribution < -0.4 is 0 Å². The van der Waals surface area contributed by atoms with Crippen molar-refractivity contribution in [3.63, 3.8) is 0 Å². The van der Waals surface area contributed by atoms with Crippen molar-refractivity contribution in [1.82, 2.24) is 9.21 Å². The Morgan fingerprint density at radius 1 is 1.14 bits per heavy atom. The average Bonchev–Trinajstić information content (AvgIpc) is 3.07. The van der Waals surface area contributed by atoms with Crippen molar-refractivity contribution in [3.8, 4) is 0 Å². The maximum atomic E-state index is 12.6. The van der Waals surface area contributed by atoms with Crippen molar-refractivity contribution in [1.29, 1.82) is 0 Å². The van der Waals surface area contributed by atoms with Gasteiger partial charge in [0.2, 0.25) is 15.9 Å². The molecule has 3 saturated heterocycles. The standard InChI is InChI=1S/C13H22N2O5S/c1-21(17,18)15-6-2-3-11(15)12(16)14-7-4-13(5-8-14)19-9-10-20-13/h11H,2-10H2,1H3. The second kappa shape index (κ2) is 5.49. The number of carbonyl (C=O) groups is 1. The Labute approximate surface area is 125 Å². The number of hydrogen-bond acceptors (Lipinski definition) is 5. The molecular formula is C13H22N2O5S. The van der Waals surface area contributed by atoms with Gasteiger partial charge in [0.15, 0.2) is 5.79 Å². The third-order valence-electron chi connectivity index (χ3n) is 4.57. The Bertz CT molecular complexity index is 505. The third kappa shape index (κ3) is 2.94. The van der Waals surface area contributed by atoms with Crippen LogP contribution in [0.5, 0.6) is 0 Å². The summed E-state index contributed by atoms with van der Waals surface area (Å²) >= 11 is 0. The number of carbonyl (C=O) groups excluding carboxylic acids is 1. The third-order valence-corrected chi connectivity index (χ3v) is 5.85. The van der Waals surface area contributed by atoms with Gasteiger partial charge in [0.1, 0.15) is 6.04 Å². The van der Waals surface area contributed by atoms with Crippen LogP contribution in [0.3, 0.4) is 0 Å². The molecule has 3 rings (SSSR count). The van der Waals surface area contributed by atoms with E-state index in [1.807, 2.05) is 0 Å². The zero-order valence-electron chi connectivity index (χ0n) is 12.3. The molecular weight excluding hydrogens is 296 g/mol. The fourth-order valence-corrected chi connectivity index (χ4v) is 4.57. The number of sulfonamides is 1. The molecule has 0 radical (unpaired) electrons. The lowest BCUT2D eigenvalue weighted by molar-refractivity contribution is -0.188. The molecule has 0 aromatic carbocycles. The zero-order chi connectivity index (χ0) is 15.1. The van der Waals surface area contributed by atoms with E-state index in [0.29, 0.717) is 52.1 Å². The predicted molar refractivity (Wildman–Crippen MR) is 75.0 cm³/mol. The van der Waals surface area contributed by atoms with Crippen LogP contribution in [-0.2, 0) is 24.3 Å². The second-order valence-electron chi connectivity index (χ2n) is 5.96. The van der Waals surface area contributed by atoms with Crippen LogP contribution in [0, 0.1) is 0 Å². The van der Waals surface area contributed by atoms with Gasteiger partial charge in [-0.3, -0.25) is 4.79 Å². The largest absolute Gasteiger partial charge is 0.347 e. The summed E-state index contributed by atoms with van der Waals surface area (Å²) in [6, 6.07) is -0.528. The first-order valence-corrected chi connectivity index (χ1v) is 9.30. The molecule has 3 aliphatic rings. The Balaban J connectivity index is 1.64. The van der Waals surface area contributed by atoms with E-state index in [0.717, 1.165) is 6.42 Å². The Hall–Kier alpha value is -0.700. The van der Waals surface area contributed by atoms with Crippen LogP contribution in [0.15, 0.2) is 0 Å². The highest BCUT2D eigenvalue weighted by molar-refractivity contribution is 7.88. The first kappa shape index (κ1) is 15.2. The van der Waals surface area contributed by atoms with E-state index in [1.165, 1.54) is 10.6 Å². The molecule has 1 unspecified atom stereocenters. The fraction of sp³-hybridized carbons (Fsp3) is 0.923. The lowest BCUT2D eigenvalue weighted by Crippen LogP contribution is -2.53. The molecule has 3 aliphatic heterocycles. The number of rotatable bonds is 2. The van der Waals surface area contributed by atoms with E-state index >= 15 is 0 Å². The van der Waals surface area contributed by atoms with Gasteiger partial charge < -0.3 is 14.4 Å². The number of hydrogen-bond donors (Lipinski definition) is 0. The monoisotopic (exact) mass is 318 g/mol. The van der Waals surface area contributed by atoms with E-state index in [-0.39, 0.29) is 5.91 Å². The molecule has 21 heavy (non-hydrogen) atoms. The predicted octanol–water partition coefficient (Wildman–Crippen LogP) is -0.224. The number of piperidine rings is 1. The maximum Gasteiger partial charge on any atom is 0.241 e. The minimum Gasteiger partial charge on any atom is -0.347 e. The summed E-state index contributed by atoms with van der Waals surface area (Å²) in [7, 11) is -3.32. The Morgan fingerprint density at radius 3 is 2.33 bits per heavy atom. The fourth-order valence-electron chi connectivity index (χ4n) is 3.45. The van der Waals surface area contributed by atoms with Crippen LogP contribution in [0.2, 0.25) is 0 Å². The van der Waals surface area contributed by atoms with Crippen LogP contribution in [0.25, 0.3) is 0 Å². The summed E-state index contributed by atoms with van der Waals surface area (Å²) in [5.74, 6) is -0.589. The van der Waals surface area contributed by atoms with Crippen molar-refractivity contribution in [2.45, 2.75) is 37.5 Å². The average molecular weight is 318 g/mol. The molecule has 0 aliphatic carbocycles. The van der Waals surface area contributed by atoms with Crippen molar-refractivity contribution in [2.75, 3.05) is 39.1 Å². The summed E-state index contributed by atoms with van der Waals surface area (Å²) in [5, 5.41) is 0. The van der Waals surface area contributed by atoms with Gasteiger partial charge in [0.05, 0.1) is 19.5 Å². The highest BCUT2D eigenvalue weighted by atomic mass is 32.2. The van der Waals surface area contributed by atoms with Gasteiger partial charge in [-0.1, -0.05) is 0 Å². The Kier molecular flexibility index (Phi) is 3.98. The second-order valence-corrected chi connectivity index (χ2v) is 7.90. The molecule has 120 valence electrons. The molecule has 3 fully saturated rings. The minimum atomic E-state index is -3.32. The molecule has 0 aromatic rings. The highest BCUT2D eigenvalue weighted by Crippen LogP contribution is 2.32. The number of ether oxygens (including phenoxy) is 2. The molecule has 0 bridgehead atoms. The Morgan fingerprint density at radius 2 is 1.76 bits per heavy atom. The van der Waals surface area contributed by atoms with Gasteiger partial charge in [0.25, 0.3) is 0 Å².